The lowest BCUT2D eigenvalue weighted by molar-refractivity contribution is -0.135. The Kier molecular flexibility index (Phi) is 6.38. The van der Waals surface area contributed by atoms with Crippen molar-refractivity contribution >= 4 is 52.5 Å². The lowest BCUT2D eigenvalue weighted by Gasteiger charge is -2.30. The minimum Gasteiger partial charge on any atom is -0.497 e. The zero-order chi connectivity index (χ0) is 26.4. The molecule has 2 aliphatic heterocycles. The maximum Gasteiger partial charge on any atom is 0.328 e. The predicted octanol–water partition coefficient (Wildman–Crippen LogP) is 2.54. The quantitative estimate of drug-likeness (QED) is 0.476. The second-order valence-electron chi connectivity index (χ2n) is 8.70. The van der Waals surface area contributed by atoms with E-state index in [9.17, 15) is 24.0 Å². The van der Waals surface area contributed by atoms with E-state index in [-0.39, 0.29) is 11.4 Å². The van der Waals surface area contributed by atoms with Gasteiger partial charge in [0.1, 0.15) is 17.5 Å². The zero-order valence-corrected chi connectivity index (χ0v) is 21.4. The number of rotatable bonds is 5. The van der Waals surface area contributed by atoms with Crippen molar-refractivity contribution in [3.8, 4) is 5.75 Å². The number of carbonyl (C=O) groups is 4. The molecule has 5 amide bonds. The number of ether oxygens (including phenoxy) is 1. The molecule has 1 fully saturated rings. The van der Waals surface area contributed by atoms with Gasteiger partial charge in [0.05, 0.1) is 18.1 Å². The highest BCUT2D eigenvalue weighted by molar-refractivity contribution is 8.00. The van der Waals surface area contributed by atoms with Crippen LogP contribution in [0.4, 0.5) is 10.5 Å². The number of amides is 5. The molecule has 5 rings (SSSR count). The molecule has 12 heteroatoms. The summed E-state index contributed by atoms with van der Waals surface area (Å²) in [6.45, 7) is 1.65. The topological polar surface area (TPSA) is 141 Å². The third-order valence-electron chi connectivity index (χ3n) is 6.38. The third kappa shape index (κ3) is 4.31. The van der Waals surface area contributed by atoms with Crippen LogP contribution in [0.3, 0.4) is 0 Å². The predicted molar refractivity (Wildman–Crippen MR) is 138 cm³/mol. The molecule has 0 aliphatic carbocycles. The van der Waals surface area contributed by atoms with E-state index in [1.807, 2.05) is 19.1 Å². The summed E-state index contributed by atoms with van der Waals surface area (Å²) < 4.78 is 6.54. The molecule has 0 bridgehead atoms. The number of thioether (sulfide) groups is 1. The van der Waals surface area contributed by atoms with Gasteiger partial charge in [-0.2, -0.15) is 4.90 Å². The molecule has 0 radical (unpaired) electrons. The summed E-state index contributed by atoms with van der Waals surface area (Å²) in [6.07, 6.45) is 0. The highest BCUT2D eigenvalue weighted by Crippen LogP contribution is 2.53. The maximum absolute atomic E-state index is 13.2. The van der Waals surface area contributed by atoms with E-state index in [2.05, 4.69) is 5.32 Å². The fourth-order valence-electron chi connectivity index (χ4n) is 4.62. The van der Waals surface area contributed by atoms with Gasteiger partial charge in [-0.05, 0) is 36.8 Å². The Morgan fingerprint density at radius 3 is 2.32 bits per heavy atom. The summed E-state index contributed by atoms with van der Waals surface area (Å²) in [6, 6.07) is 13.0. The molecule has 1 saturated heterocycles. The van der Waals surface area contributed by atoms with Gasteiger partial charge in [0.25, 0.3) is 5.91 Å². The average Bonchev–Trinajstić information content (AvgIpc) is 3.31. The second-order valence-corrected chi connectivity index (χ2v) is 10.8. The standard InChI is InChI=1S/C25H22N4O6S2/c1-12-3-7-14(8-4-12)27-16(30)11-28-23-20(37-25(28)34)17(13-5-9-15(35-2)10-6-13)18-19(36-23)22(32)29(21(18)31)24(26)33/h3-10,17-19H,11H2,1-2H3,(H2,26,33)(H,27,30)/t17-,18?,19?/m0/s1. The maximum atomic E-state index is 13.2. The number of imide groups is 3. The number of primary amides is 1. The van der Waals surface area contributed by atoms with Crippen molar-refractivity contribution < 1.29 is 23.9 Å². The van der Waals surface area contributed by atoms with Crippen LogP contribution in [0, 0.1) is 12.8 Å². The number of urea groups is 1. The molecular formula is C25H22N4O6S2. The smallest absolute Gasteiger partial charge is 0.328 e. The van der Waals surface area contributed by atoms with Crippen LogP contribution in [0.15, 0.2) is 58.4 Å². The molecule has 3 heterocycles. The summed E-state index contributed by atoms with van der Waals surface area (Å²) in [7, 11) is 1.53. The Labute approximate surface area is 219 Å². The van der Waals surface area contributed by atoms with Gasteiger partial charge in [0.15, 0.2) is 0 Å². The number of methoxy groups -OCH3 is 1. The van der Waals surface area contributed by atoms with Crippen molar-refractivity contribution in [2.45, 2.75) is 29.7 Å². The molecule has 37 heavy (non-hydrogen) atoms. The molecule has 2 unspecified atom stereocenters. The van der Waals surface area contributed by atoms with Gasteiger partial charge in [-0.1, -0.05) is 52.9 Å². The lowest BCUT2D eigenvalue weighted by atomic mass is 9.83. The number of likely N-dealkylation sites (tertiary alicyclic amines) is 1. The van der Waals surface area contributed by atoms with Crippen molar-refractivity contribution in [3.05, 3.63) is 74.2 Å². The van der Waals surface area contributed by atoms with Crippen LogP contribution in [0.5, 0.6) is 5.75 Å². The second kappa shape index (κ2) is 9.52. The summed E-state index contributed by atoms with van der Waals surface area (Å²) >= 11 is 1.93. The Bertz CT molecular complexity index is 1480. The van der Waals surface area contributed by atoms with Gasteiger partial charge in [0.2, 0.25) is 11.8 Å². The van der Waals surface area contributed by atoms with E-state index in [1.165, 1.54) is 11.7 Å². The number of nitrogens with zero attached hydrogens (tertiary/aromatic N) is 2. The fourth-order valence-corrected chi connectivity index (χ4v) is 7.40. The Morgan fingerprint density at radius 2 is 1.70 bits per heavy atom. The van der Waals surface area contributed by atoms with E-state index < -0.39 is 40.8 Å². The molecule has 3 atom stereocenters. The number of anilines is 1. The van der Waals surface area contributed by atoms with Crippen molar-refractivity contribution in [2.24, 2.45) is 11.7 Å². The lowest BCUT2D eigenvalue weighted by Crippen LogP contribution is -2.41. The van der Waals surface area contributed by atoms with E-state index >= 15 is 0 Å². The summed E-state index contributed by atoms with van der Waals surface area (Å²) in [5, 5.41) is 2.22. The Hall–Kier alpha value is -3.90. The van der Waals surface area contributed by atoms with E-state index in [1.54, 1.807) is 36.4 Å². The van der Waals surface area contributed by atoms with Crippen LogP contribution in [0.25, 0.3) is 0 Å². The number of nitrogens with one attached hydrogen (secondary N) is 1. The highest BCUT2D eigenvalue weighted by atomic mass is 32.2. The van der Waals surface area contributed by atoms with Gasteiger partial charge in [-0.15, -0.1) is 0 Å². The highest BCUT2D eigenvalue weighted by Gasteiger charge is 2.57. The Morgan fingerprint density at radius 1 is 1.03 bits per heavy atom. The summed E-state index contributed by atoms with van der Waals surface area (Å²) in [5.74, 6) is -2.87. The first-order valence-electron chi connectivity index (χ1n) is 11.3. The molecule has 10 nitrogen and oxygen atoms in total. The first kappa shape index (κ1) is 24.8. The van der Waals surface area contributed by atoms with E-state index in [0.717, 1.165) is 28.7 Å². The molecule has 2 aliphatic rings. The van der Waals surface area contributed by atoms with Crippen LogP contribution >= 0.6 is 23.1 Å². The minimum absolute atomic E-state index is 0.278. The fraction of sp³-hybridized carbons (Fsp3) is 0.240. The number of benzene rings is 2. The largest absolute Gasteiger partial charge is 0.497 e. The normalized spacial score (nSPS) is 20.4. The molecule has 3 N–H and O–H groups in total. The van der Waals surface area contributed by atoms with Gasteiger partial charge < -0.3 is 15.8 Å². The number of hydrogen-bond acceptors (Lipinski definition) is 8. The van der Waals surface area contributed by atoms with Crippen molar-refractivity contribution in [3.63, 3.8) is 0 Å². The monoisotopic (exact) mass is 538 g/mol. The third-order valence-corrected chi connectivity index (χ3v) is 8.99. The van der Waals surface area contributed by atoms with Crippen LogP contribution in [-0.4, -0.2) is 45.6 Å². The summed E-state index contributed by atoms with van der Waals surface area (Å²) in [4.78, 5) is 64.8. The average molecular weight is 539 g/mol. The SMILES string of the molecule is COc1ccc([C@@H]2c3sc(=O)n(CC(=O)Nc4ccc(C)cc4)c3SC3C(=O)N(C(N)=O)C(=O)C32)cc1. The van der Waals surface area contributed by atoms with Crippen LogP contribution in [-0.2, 0) is 20.9 Å². The van der Waals surface area contributed by atoms with Gasteiger partial charge in [-0.25, -0.2) is 4.79 Å². The molecule has 2 aromatic carbocycles. The molecule has 1 aromatic heterocycles. The van der Waals surface area contributed by atoms with E-state index in [4.69, 9.17) is 10.5 Å². The molecular weight excluding hydrogens is 516 g/mol. The van der Waals surface area contributed by atoms with Crippen molar-refractivity contribution in [1.29, 1.82) is 0 Å². The first-order chi connectivity index (χ1) is 17.7. The van der Waals surface area contributed by atoms with Crippen molar-refractivity contribution in [2.75, 3.05) is 12.4 Å². The molecule has 0 saturated carbocycles. The number of hydrogen-bond donors (Lipinski definition) is 2. The Balaban J connectivity index is 1.55. The number of nitrogens with two attached hydrogens (primary N) is 1. The minimum atomic E-state index is -1.14. The number of aromatic nitrogens is 1. The van der Waals surface area contributed by atoms with Crippen LogP contribution < -0.4 is 20.7 Å². The molecule has 190 valence electrons. The van der Waals surface area contributed by atoms with Gasteiger partial charge in [0, 0.05) is 16.5 Å². The van der Waals surface area contributed by atoms with Crippen molar-refractivity contribution in [1.82, 2.24) is 9.47 Å². The molecule has 3 aromatic rings. The van der Waals surface area contributed by atoms with Crippen LogP contribution in [0.1, 0.15) is 21.9 Å². The number of aryl methyl sites for hydroxylation is 1. The zero-order valence-electron chi connectivity index (χ0n) is 19.8. The first-order valence-corrected chi connectivity index (χ1v) is 13.0. The molecule has 0 spiro atoms. The number of fused-ring (bicyclic) bond motifs is 2. The van der Waals surface area contributed by atoms with Gasteiger partial charge >= 0.3 is 10.9 Å². The van der Waals surface area contributed by atoms with Gasteiger partial charge in [-0.3, -0.25) is 23.7 Å². The number of thiazole rings is 1. The van der Waals surface area contributed by atoms with Crippen LogP contribution in [0.2, 0.25) is 0 Å². The number of carbonyl (C=O) groups excluding carboxylic acids is 4. The van der Waals surface area contributed by atoms with E-state index in [0.29, 0.717) is 31.8 Å². The summed E-state index contributed by atoms with van der Waals surface area (Å²) in [5.41, 5.74) is 7.65.